The number of ether oxygens (including phenoxy) is 3. The third-order valence-corrected chi connectivity index (χ3v) is 10.7. The molecular weight excluding hydrogens is 705 g/mol. The largest absolute Gasteiger partial charge is 0.475 e. The maximum Gasteiger partial charge on any atom is 0.413 e. The molecule has 280 valence electrons. The number of nitrogens with one attached hydrogen (secondary N) is 1. The van der Waals surface area contributed by atoms with E-state index in [2.05, 4.69) is 31.9 Å². The standard InChI is InChI=1S/C37H43F2N9O4S/c1-7-10-22(30(40)41-6)20(2)48-15-16-50-32-25-29(43-33(45-31(25)48)51-19-37-13-9-14-47(37)18-21(38)17-37)26(39)28(42-32)23-11-8-12-24-27(23)44-34(53-24)46-35(49)52-36(3,4)5/h7-8,10-12,20-21H,6,9,13-19,40H2,1-5H3,(H,44,46,49)/b10-7-,30-22+/t20-,21-,37+/m1/s1. The lowest BCUT2D eigenvalue weighted by molar-refractivity contribution is 0.0636. The number of benzene rings is 1. The van der Waals surface area contributed by atoms with Gasteiger partial charge in [-0.25, -0.2) is 28.5 Å². The van der Waals surface area contributed by atoms with Gasteiger partial charge in [0.05, 0.1) is 28.3 Å². The first-order valence-corrected chi connectivity index (χ1v) is 18.4. The van der Waals surface area contributed by atoms with Crippen molar-refractivity contribution in [2.24, 2.45) is 10.7 Å². The van der Waals surface area contributed by atoms with Gasteiger partial charge < -0.3 is 24.8 Å². The van der Waals surface area contributed by atoms with Crippen molar-refractivity contribution in [2.45, 2.75) is 77.2 Å². The first-order valence-electron chi connectivity index (χ1n) is 17.6. The number of carbonyl (C=O) groups excluding carboxylic acids is 1. The van der Waals surface area contributed by atoms with Gasteiger partial charge in [-0.15, -0.1) is 0 Å². The summed E-state index contributed by atoms with van der Waals surface area (Å²) in [7, 11) is 0. The van der Waals surface area contributed by atoms with Gasteiger partial charge in [-0.1, -0.05) is 35.6 Å². The number of hydrogen-bond donors (Lipinski definition) is 2. The van der Waals surface area contributed by atoms with Crippen LogP contribution < -0.4 is 25.4 Å². The van der Waals surface area contributed by atoms with Crippen molar-refractivity contribution in [2.75, 3.05) is 43.1 Å². The van der Waals surface area contributed by atoms with Crippen molar-refractivity contribution in [1.29, 1.82) is 0 Å². The highest BCUT2D eigenvalue weighted by Gasteiger charge is 2.49. The van der Waals surface area contributed by atoms with Crippen LogP contribution in [0.25, 0.3) is 32.4 Å². The second kappa shape index (κ2) is 14.1. The van der Waals surface area contributed by atoms with Crippen LogP contribution in [-0.2, 0) is 4.74 Å². The number of allylic oxidation sites excluding steroid dienone is 1. The Labute approximate surface area is 310 Å². The minimum absolute atomic E-state index is 0.0458. The van der Waals surface area contributed by atoms with E-state index in [1.54, 1.807) is 32.9 Å². The molecule has 0 unspecified atom stereocenters. The number of anilines is 2. The van der Waals surface area contributed by atoms with Crippen molar-refractivity contribution in [1.82, 2.24) is 24.8 Å². The number of rotatable bonds is 9. The van der Waals surface area contributed by atoms with E-state index in [0.29, 0.717) is 46.7 Å². The number of amides is 1. The number of nitrogens with zero attached hydrogens (tertiary/aromatic N) is 7. The molecule has 4 aromatic rings. The van der Waals surface area contributed by atoms with Gasteiger partial charge in [0, 0.05) is 24.1 Å². The van der Waals surface area contributed by atoms with Crippen LogP contribution >= 0.6 is 11.3 Å². The lowest BCUT2D eigenvalue weighted by Gasteiger charge is -2.32. The van der Waals surface area contributed by atoms with Crippen molar-refractivity contribution in [3.63, 3.8) is 0 Å². The number of thiazole rings is 1. The highest BCUT2D eigenvalue weighted by Crippen LogP contribution is 2.44. The molecule has 1 aromatic carbocycles. The Morgan fingerprint density at radius 1 is 1.26 bits per heavy atom. The normalized spacial score (nSPS) is 21.3. The Morgan fingerprint density at radius 3 is 2.83 bits per heavy atom. The van der Waals surface area contributed by atoms with E-state index >= 15 is 4.39 Å². The Morgan fingerprint density at radius 2 is 2.08 bits per heavy atom. The van der Waals surface area contributed by atoms with E-state index in [-0.39, 0.29) is 52.7 Å². The van der Waals surface area contributed by atoms with Crippen LogP contribution in [0, 0.1) is 5.82 Å². The summed E-state index contributed by atoms with van der Waals surface area (Å²) in [6.07, 6.45) is 4.17. The fraction of sp³-hybridized carbons (Fsp3) is 0.459. The minimum Gasteiger partial charge on any atom is -0.475 e. The van der Waals surface area contributed by atoms with Crippen LogP contribution in [-0.4, -0.2) is 93.8 Å². The van der Waals surface area contributed by atoms with Crippen LogP contribution in [0.2, 0.25) is 0 Å². The van der Waals surface area contributed by atoms with Crippen LogP contribution in [0.4, 0.5) is 24.5 Å². The number of pyridine rings is 1. The maximum absolute atomic E-state index is 17.2. The number of nitrogens with two attached hydrogens (primary N) is 1. The molecular formula is C37H43F2N9O4S. The number of hydrogen-bond acceptors (Lipinski definition) is 13. The highest BCUT2D eigenvalue weighted by molar-refractivity contribution is 7.22. The quantitative estimate of drug-likeness (QED) is 0.138. The first kappa shape index (κ1) is 36.4. The SMILES string of the molecule is C=N/C(N)=C(\C=C/C)[C@@H](C)N1CCOc2nc(-c3cccc4sc(NC(=O)OC(C)(C)C)nc34)c(F)c3nc(OC[C@@]45CCCN4C[C@H](F)C5)nc1c23. The third-order valence-electron chi connectivity index (χ3n) is 9.80. The average molecular weight is 748 g/mol. The van der Waals surface area contributed by atoms with Gasteiger partial charge >= 0.3 is 12.1 Å². The summed E-state index contributed by atoms with van der Waals surface area (Å²) in [5.74, 6) is -0.0239. The summed E-state index contributed by atoms with van der Waals surface area (Å²) in [6.45, 7) is 14.5. The van der Waals surface area contributed by atoms with Gasteiger partial charge in [0.15, 0.2) is 10.9 Å². The number of aliphatic imine (C=N–C) groups is 1. The number of aromatic nitrogens is 4. The average Bonchev–Trinajstić information content (AvgIpc) is 3.74. The summed E-state index contributed by atoms with van der Waals surface area (Å²) < 4.78 is 50.5. The van der Waals surface area contributed by atoms with Crippen molar-refractivity contribution in [3.05, 3.63) is 47.6 Å². The molecule has 3 aliphatic heterocycles. The summed E-state index contributed by atoms with van der Waals surface area (Å²) in [6, 6.07) is 4.82. The predicted molar refractivity (Wildman–Crippen MR) is 202 cm³/mol. The Balaban J connectivity index is 1.36. The number of halogens is 2. The van der Waals surface area contributed by atoms with Gasteiger partial charge in [-0.2, -0.15) is 9.97 Å². The van der Waals surface area contributed by atoms with E-state index in [1.165, 1.54) is 11.3 Å². The summed E-state index contributed by atoms with van der Waals surface area (Å²) in [5.41, 5.74) is 6.48. The van der Waals surface area contributed by atoms with Gasteiger partial charge in [-0.05, 0) is 66.8 Å². The summed E-state index contributed by atoms with van der Waals surface area (Å²) in [4.78, 5) is 39.5. The minimum atomic E-state index is -0.947. The Bertz CT molecular complexity index is 2150. The zero-order chi connectivity index (χ0) is 37.7. The van der Waals surface area contributed by atoms with Crippen LogP contribution in [0.5, 0.6) is 11.9 Å². The molecule has 16 heteroatoms. The molecule has 6 heterocycles. The number of para-hydroxylation sites is 1. The lowest BCUT2D eigenvalue weighted by atomic mass is 9.95. The van der Waals surface area contributed by atoms with Crippen LogP contribution in [0.15, 0.2) is 46.7 Å². The van der Waals surface area contributed by atoms with Gasteiger partial charge in [0.25, 0.3) is 0 Å². The molecule has 3 aromatic heterocycles. The molecule has 7 rings (SSSR count). The number of fused-ring (bicyclic) bond motifs is 2. The second-order valence-corrected chi connectivity index (χ2v) is 15.5. The van der Waals surface area contributed by atoms with Crippen LogP contribution in [0.3, 0.4) is 0 Å². The fourth-order valence-corrected chi connectivity index (χ4v) is 8.37. The monoisotopic (exact) mass is 747 g/mol. The van der Waals surface area contributed by atoms with Gasteiger partial charge in [-0.3, -0.25) is 10.2 Å². The van der Waals surface area contributed by atoms with Crippen molar-refractivity contribution >= 4 is 56.2 Å². The third kappa shape index (κ3) is 6.97. The van der Waals surface area contributed by atoms with Crippen molar-refractivity contribution < 1.29 is 27.8 Å². The number of alkyl halides is 1. The van der Waals surface area contributed by atoms with E-state index in [4.69, 9.17) is 29.9 Å². The molecule has 0 aliphatic carbocycles. The molecule has 3 N–H and O–H groups in total. The highest BCUT2D eigenvalue weighted by atomic mass is 32.1. The zero-order valence-electron chi connectivity index (χ0n) is 30.4. The van der Waals surface area contributed by atoms with E-state index in [0.717, 1.165) is 19.4 Å². The lowest BCUT2D eigenvalue weighted by Crippen LogP contribution is -2.43. The molecule has 2 fully saturated rings. The molecule has 0 spiro atoms. The van der Waals surface area contributed by atoms with Crippen LogP contribution in [0.1, 0.15) is 53.9 Å². The Hall–Kier alpha value is -4.96. The van der Waals surface area contributed by atoms with E-state index in [1.807, 2.05) is 37.0 Å². The zero-order valence-corrected chi connectivity index (χ0v) is 31.2. The van der Waals surface area contributed by atoms with E-state index < -0.39 is 35.3 Å². The van der Waals surface area contributed by atoms with Gasteiger partial charge in [0.1, 0.15) is 53.2 Å². The molecule has 3 atom stereocenters. The summed E-state index contributed by atoms with van der Waals surface area (Å²) in [5, 5.41) is 3.22. The smallest absolute Gasteiger partial charge is 0.413 e. The van der Waals surface area contributed by atoms with Crippen molar-refractivity contribution in [3.8, 4) is 23.1 Å². The molecule has 2 saturated heterocycles. The topological polar surface area (TPSA) is 153 Å². The molecule has 0 radical (unpaired) electrons. The molecule has 13 nitrogen and oxygen atoms in total. The van der Waals surface area contributed by atoms with Gasteiger partial charge in [0.2, 0.25) is 5.88 Å². The molecule has 3 aliphatic rings. The predicted octanol–water partition coefficient (Wildman–Crippen LogP) is 6.78. The molecule has 53 heavy (non-hydrogen) atoms. The number of carbonyl (C=O) groups is 1. The molecule has 0 bridgehead atoms. The maximum atomic E-state index is 17.2. The summed E-state index contributed by atoms with van der Waals surface area (Å²) >= 11 is 1.22. The second-order valence-electron chi connectivity index (χ2n) is 14.5. The molecule has 0 saturated carbocycles. The molecule has 1 amide bonds. The Kier molecular flexibility index (Phi) is 9.70. The first-order chi connectivity index (χ1) is 25.3. The fourth-order valence-electron chi connectivity index (χ4n) is 7.49. The van der Waals surface area contributed by atoms with E-state index in [9.17, 15) is 9.18 Å².